The highest BCUT2D eigenvalue weighted by Crippen LogP contribution is 2.36. The SMILES string of the molecule is C=CCSc1nnc(NC(=O)C2(c3ccccc3)CCOCC2)s1. The van der Waals surface area contributed by atoms with E-state index in [1.54, 1.807) is 11.8 Å². The number of hydrogen-bond donors (Lipinski definition) is 1. The first-order chi connectivity index (χ1) is 11.7. The standard InChI is InChI=1S/C17H19N3O2S2/c1-2-12-23-16-20-19-15(24-16)18-14(21)17(8-10-22-11-9-17)13-6-4-3-5-7-13/h2-7H,1,8-12H2,(H,18,19,21). The van der Waals surface area contributed by atoms with Crippen LogP contribution in [0.1, 0.15) is 18.4 Å². The van der Waals surface area contributed by atoms with E-state index in [2.05, 4.69) is 22.1 Å². The first-order valence-electron chi connectivity index (χ1n) is 7.76. The van der Waals surface area contributed by atoms with E-state index in [0.717, 1.165) is 15.7 Å². The van der Waals surface area contributed by atoms with Crippen molar-refractivity contribution < 1.29 is 9.53 Å². The highest BCUT2D eigenvalue weighted by Gasteiger charge is 2.42. The van der Waals surface area contributed by atoms with Crippen molar-refractivity contribution in [3.8, 4) is 0 Å². The lowest BCUT2D eigenvalue weighted by Crippen LogP contribution is -2.44. The van der Waals surface area contributed by atoms with Gasteiger partial charge in [-0.2, -0.15) is 0 Å². The van der Waals surface area contributed by atoms with Gasteiger partial charge in [0.15, 0.2) is 4.34 Å². The summed E-state index contributed by atoms with van der Waals surface area (Å²) in [6.45, 7) is 4.85. The second-order valence-corrected chi connectivity index (χ2v) is 7.73. The number of rotatable bonds is 6. The van der Waals surface area contributed by atoms with Gasteiger partial charge >= 0.3 is 0 Å². The van der Waals surface area contributed by atoms with Gasteiger partial charge in [-0.05, 0) is 18.4 Å². The van der Waals surface area contributed by atoms with Crippen LogP contribution in [-0.4, -0.2) is 35.1 Å². The Hall–Kier alpha value is -1.70. The van der Waals surface area contributed by atoms with Crippen LogP contribution in [0.25, 0.3) is 0 Å². The number of thioether (sulfide) groups is 1. The summed E-state index contributed by atoms with van der Waals surface area (Å²) in [6, 6.07) is 9.92. The molecule has 1 aromatic heterocycles. The predicted molar refractivity (Wildman–Crippen MR) is 97.6 cm³/mol. The molecule has 0 unspecified atom stereocenters. The van der Waals surface area contributed by atoms with Crippen molar-refractivity contribution in [2.24, 2.45) is 0 Å². The van der Waals surface area contributed by atoms with E-state index in [9.17, 15) is 4.79 Å². The summed E-state index contributed by atoms with van der Waals surface area (Å²) in [7, 11) is 0. The highest BCUT2D eigenvalue weighted by molar-refractivity contribution is 8.01. The molecule has 3 rings (SSSR count). The maximum absolute atomic E-state index is 13.1. The second kappa shape index (κ2) is 7.92. The Bertz CT molecular complexity index is 697. The van der Waals surface area contributed by atoms with Crippen LogP contribution in [0, 0.1) is 0 Å². The minimum atomic E-state index is -0.570. The Labute approximate surface area is 149 Å². The smallest absolute Gasteiger partial charge is 0.237 e. The van der Waals surface area contributed by atoms with Crippen LogP contribution in [0.15, 0.2) is 47.3 Å². The van der Waals surface area contributed by atoms with Crippen LogP contribution in [0.3, 0.4) is 0 Å². The van der Waals surface area contributed by atoms with E-state index < -0.39 is 5.41 Å². The van der Waals surface area contributed by atoms with Crippen molar-refractivity contribution in [1.29, 1.82) is 0 Å². The van der Waals surface area contributed by atoms with E-state index in [0.29, 0.717) is 31.2 Å². The predicted octanol–water partition coefficient (Wildman–Crippen LogP) is 3.50. The monoisotopic (exact) mass is 361 g/mol. The lowest BCUT2D eigenvalue weighted by molar-refractivity contribution is -0.125. The first-order valence-corrected chi connectivity index (χ1v) is 9.57. The Morgan fingerprint density at radius 1 is 1.33 bits per heavy atom. The van der Waals surface area contributed by atoms with E-state index in [1.165, 1.54) is 11.3 Å². The summed E-state index contributed by atoms with van der Waals surface area (Å²) in [5.74, 6) is 0.738. The van der Waals surface area contributed by atoms with Crippen LogP contribution in [0.5, 0.6) is 0 Å². The van der Waals surface area contributed by atoms with Gasteiger partial charge in [0.2, 0.25) is 11.0 Å². The number of carbonyl (C=O) groups excluding carboxylic acids is 1. The third-order valence-electron chi connectivity index (χ3n) is 4.06. The second-order valence-electron chi connectivity index (χ2n) is 5.49. The van der Waals surface area contributed by atoms with Crippen LogP contribution in [0.4, 0.5) is 5.13 Å². The van der Waals surface area contributed by atoms with Crippen molar-refractivity contribution in [1.82, 2.24) is 10.2 Å². The third-order valence-corrected chi connectivity index (χ3v) is 6.03. The molecule has 0 saturated carbocycles. The van der Waals surface area contributed by atoms with Crippen molar-refractivity contribution >= 4 is 34.1 Å². The summed E-state index contributed by atoms with van der Waals surface area (Å²) < 4.78 is 6.30. The van der Waals surface area contributed by atoms with Gasteiger partial charge in [-0.15, -0.1) is 16.8 Å². The molecule has 1 saturated heterocycles. The molecular weight excluding hydrogens is 342 g/mol. The molecule has 5 nitrogen and oxygen atoms in total. The Morgan fingerprint density at radius 3 is 2.79 bits per heavy atom. The topological polar surface area (TPSA) is 64.1 Å². The zero-order valence-corrected chi connectivity index (χ0v) is 14.9. The van der Waals surface area contributed by atoms with Gasteiger partial charge < -0.3 is 4.74 Å². The van der Waals surface area contributed by atoms with Crippen molar-refractivity contribution in [3.63, 3.8) is 0 Å². The largest absolute Gasteiger partial charge is 0.381 e. The number of anilines is 1. The average Bonchev–Trinajstić information content (AvgIpc) is 3.08. The number of aromatic nitrogens is 2. The van der Waals surface area contributed by atoms with Crippen molar-refractivity contribution in [2.45, 2.75) is 22.6 Å². The lowest BCUT2D eigenvalue weighted by Gasteiger charge is -2.35. The Kier molecular flexibility index (Phi) is 5.65. The molecule has 0 aliphatic carbocycles. The van der Waals surface area contributed by atoms with Gasteiger partial charge in [-0.3, -0.25) is 10.1 Å². The molecule has 7 heteroatoms. The molecule has 0 bridgehead atoms. The number of amides is 1. The van der Waals surface area contributed by atoms with Gasteiger partial charge in [-0.1, -0.05) is 59.5 Å². The Balaban J connectivity index is 1.79. The quantitative estimate of drug-likeness (QED) is 0.485. The molecule has 2 aromatic rings. The number of hydrogen-bond acceptors (Lipinski definition) is 6. The van der Waals surface area contributed by atoms with Gasteiger partial charge in [0.1, 0.15) is 0 Å². The summed E-state index contributed by atoms with van der Waals surface area (Å²) >= 11 is 2.94. The van der Waals surface area contributed by atoms with E-state index in [-0.39, 0.29) is 5.91 Å². The fraction of sp³-hybridized carbons (Fsp3) is 0.353. The number of carbonyl (C=O) groups is 1. The molecule has 1 N–H and O–H groups in total. The van der Waals surface area contributed by atoms with Gasteiger partial charge in [0.25, 0.3) is 0 Å². The summed E-state index contributed by atoms with van der Waals surface area (Å²) in [6.07, 6.45) is 3.15. The number of nitrogens with one attached hydrogen (secondary N) is 1. The van der Waals surface area contributed by atoms with E-state index >= 15 is 0 Å². The minimum Gasteiger partial charge on any atom is -0.381 e. The molecule has 1 aromatic carbocycles. The van der Waals surface area contributed by atoms with Crippen molar-refractivity contribution in [3.05, 3.63) is 48.6 Å². The van der Waals surface area contributed by atoms with Gasteiger partial charge in [0.05, 0.1) is 5.41 Å². The van der Waals surface area contributed by atoms with Crippen LogP contribution >= 0.6 is 23.1 Å². The molecular formula is C17H19N3O2S2. The molecule has 2 heterocycles. The summed E-state index contributed by atoms with van der Waals surface area (Å²) in [5.41, 5.74) is 0.455. The van der Waals surface area contributed by atoms with Gasteiger partial charge in [-0.25, -0.2) is 0 Å². The minimum absolute atomic E-state index is 0.0339. The number of benzene rings is 1. The number of ether oxygens (including phenoxy) is 1. The summed E-state index contributed by atoms with van der Waals surface area (Å²) in [4.78, 5) is 13.1. The third kappa shape index (κ3) is 3.68. The average molecular weight is 361 g/mol. The lowest BCUT2D eigenvalue weighted by atomic mass is 9.73. The van der Waals surface area contributed by atoms with Crippen LogP contribution < -0.4 is 5.32 Å². The first kappa shape index (κ1) is 17.1. The Morgan fingerprint density at radius 2 is 2.08 bits per heavy atom. The molecule has 0 radical (unpaired) electrons. The van der Waals surface area contributed by atoms with Crippen LogP contribution in [-0.2, 0) is 14.9 Å². The maximum atomic E-state index is 13.1. The van der Waals surface area contributed by atoms with Gasteiger partial charge in [0, 0.05) is 19.0 Å². The normalized spacial score (nSPS) is 16.5. The highest BCUT2D eigenvalue weighted by atomic mass is 32.2. The van der Waals surface area contributed by atoms with Crippen molar-refractivity contribution in [2.75, 3.05) is 24.3 Å². The van der Waals surface area contributed by atoms with E-state index in [1.807, 2.05) is 36.4 Å². The fourth-order valence-electron chi connectivity index (χ4n) is 2.79. The molecule has 1 fully saturated rings. The van der Waals surface area contributed by atoms with Crippen LogP contribution in [0.2, 0.25) is 0 Å². The molecule has 1 amide bonds. The zero-order chi connectivity index (χ0) is 16.8. The summed E-state index contributed by atoms with van der Waals surface area (Å²) in [5, 5.41) is 11.7. The molecule has 0 spiro atoms. The fourth-order valence-corrected chi connectivity index (χ4v) is 4.30. The molecule has 1 aliphatic rings. The molecule has 126 valence electrons. The molecule has 0 atom stereocenters. The molecule has 1 aliphatic heterocycles. The maximum Gasteiger partial charge on any atom is 0.237 e. The number of nitrogens with zero attached hydrogens (tertiary/aromatic N) is 2. The zero-order valence-electron chi connectivity index (χ0n) is 13.2. The van der Waals surface area contributed by atoms with E-state index in [4.69, 9.17) is 4.74 Å². The molecule has 24 heavy (non-hydrogen) atoms.